The summed E-state index contributed by atoms with van der Waals surface area (Å²) in [5.41, 5.74) is 4.72. The second-order valence-corrected chi connectivity index (χ2v) is 10.1. The number of nitrogens with one attached hydrogen (secondary N) is 1. The van der Waals surface area contributed by atoms with Crippen molar-refractivity contribution in [3.63, 3.8) is 0 Å². The molecule has 1 aromatic heterocycles. The van der Waals surface area contributed by atoms with Crippen molar-refractivity contribution < 1.29 is 26.7 Å². The predicted molar refractivity (Wildman–Crippen MR) is 109 cm³/mol. The quantitative estimate of drug-likeness (QED) is 0.735. The van der Waals surface area contributed by atoms with Crippen molar-refractivity contribution in [2.75, 3.05) is 24.3 Å². The fraction of sp³-hybridized carbons (Fsp3) is 0.350. The number of nitrogens with two attached hydrogens (primary N) is 1. The van der Waals surface area contributed by atoms with Crippen LogP contribution in [0.4, 0.5) is 14.5 Å². The highest BCUT2D eigenvalue weighted by Crippen LogP contribution is 2.41. The Morgan fingerprint density at radius 3 is 2.65 bits per heavy atom. The number of aliphatic imine (C=N–C) groups is 1. The lowest BCUT2D eigenvalue weighted by molar-refractivity contribution is 0.102. The van der Waals surface area contributed by atoms with E-state index in [9.17, 15) is 22.0 Å². The number of hydrogen-bond donors (Lipinski definition) is 2. The van der Waals surface area contributed by atoms with Gasteiger partial charge in [0.1, 0.15) is 28.7 Å². The van der Waals surface area contributed by atoms with E-state index in [1.165, 1.54) is 25.1 Å². The molecule has 4 rings (SSSR count). The zero-order valence-electron chi connectivity index (χ0n) is 16.6. The fourth-order valence-corrected chi connectivity index (χ4v) is 6.18. The van der Waals surface area contributed by atoms with Crippen molar-refractivity contribution >= 4 is 27.3 Å². The van der Waals surface area contributed by atoms with E-state index in [1.807, 2.05) is 0 Å². The molecule has 3 heterocycles. The zero-order valence-corrected chi connectivity index (χ0v) is 17.4. The minimum atomic E-state index is -3.81. The average Bonchev–Trinajstić information content (AvgIpc) is 3.20. The third-order valence-electron chi connectivity index (χ3n) is 5.65. The number of carbonyl (C=O) groups excluding carboxylic acids is 1. The summed E-state index contributed by atoms with van der Waals surface area (Å²) in [4.78, 5) is 20.4. The van der Waals surface area contributed by atoms with E-state index in [-0.39, 0.29) is 42.4 Å². The molecule has 3 N–H and O–H groups in total. The fourth-order valence-electron chi connectivity index (χ4n) is 3.92. The molecular weight excluding hydrogens is 430 g/mol. The highest BCUT2D eigenvalue weighted by molar-refractivity contribution is 7.93. The SMILES string of the molecule is C[C@@]1(c2cc(NC(=O)c3ccc(F)cn3)ccc2F)CS(=O)(=O)C2(CCOC2)C(N)=N1. The van der Waals surface area contributed by atoms with Crippen LogP contribution in [-0.2, 0) is 20.1 Å². The summed E-state index contributed by atoms with van der Waals surface area (Å²) < 4.78 is 57.9. The van der Waals surface area contributed by atoms with Gasteiger partial charge in [-0.2, -0.15) is 0 Å². The second kappa shape index (κ2) is 7.34. The molecule has 11 heteroatoms. The highest BCUT2D eigenvalue weighted by Gasteiger charge is 2.57. The summed E-state index contributed by atoms with van der Waals surface area (Å²) >= 11 is 0. The lowest BCUT2D eigenvalue weighted by Gasteiger charge is -2.39. The van der Waals surface area contributed by atoms with Crippen LogP contribution in [0.3, 0.4) is 0 Å². The Morgan fingerprint density at radius 2 is 2.03 bits per heavy atom. The molecule has 1 fully saturated rings. The van der Waals surface area contributed by atoms with Crippen LogP contribution in [0.25, 0.3) is 0 Å². The third kappa shape index (κ3) is 3.57. The van der Waals surface area contributed by atoms with Gasteiger partial charge in [0, 0.05) is 17.9 Å². The summed E-state index contributed by atoms with van der Waals surface area (Å²) in [6.07, 6.45) is 1.10. The Morgan fingerprint density at radius 1 is 1.26 bits per heavy atom. The van der Waals surface area contributed by atoms with Crippen molar-refractivity contribution in [1.82, 2.24) is 4.98 Å². The summed E-state index contributed by atoms with van der Waals surface area (Å²) in [6, 6.07) is 6.03. The number of pyridine rings is 1. The minimum Gasteiger partial charge on any atom is -0.386 e. The first-order chi connectivity index (χ1) is 14.6. The molecule has 0 aliphatic carbocycles. The Balaban J connectivity index is 1.69. The minimum absolute atomic E-state index is 0.0299. The third-order valence-corrected chi connectivity index (χ3v) is 8.31. The van der Waals surface area contributed by atoms with E-state index < -0.39 is 43.4 Å². The number of nitrogens with zero attached hydrogens (tertiary/aromatic N) is 2. The Bertz CT molecular complexity index is 1180. The molecule has 1 saturated heterocycles. The molecule has 0 bridgehead atoms. The molecule has 164 valence electrons. The summed E-state index contributed by atoms with van der Waals surface area (Å²) in [5, 5.41) is 2.54. The lowest BCUT2D eigenvalue weighted by atomic mass is 9.92. The molecule has 1 spiro atoms. The molecule has 1 aromatic carbocycles. The number of hydrogen-bond acceptors (Lipinski definition) is 7. The van der Waals surface area contributed by atoms with Gasteiger partial charge in [-0.15, -0.1) is 0 Å². The summed E-state index contributed by atoms with van der Waals surface area (Å²) in [7, 11) is -3.81. The zero-order chi connectivity index (χ0) is 22.4. The predicted octanol–water partition coefficient (Wildman–Crippen LogP) is 1.77. The maximum atomic E-state index is 14.8. The second-order valence-electron chi connectivity index (χ2n) is 7.84. The van der Waals surface area contributed by atoms with Crippen LogP contribution in [0.15, 0.2) is 41.5 Å². The van der Waals surface area contributed by atoms with Crippen LogP contribution < -0.4 is 11.1 Å². The van der Waals surface area contributed by atoms with Crippen LogP contribution in [0.1, 0.15) is 29.4 Å². The number of carbonyl (C=O) groups is 1. The maximum absolute atomic E-state index is 14.8. The number of benzene rings is 1. The average molecular weight is 450 g/mol. The number of amides is 1. The first-order valence-electron chi connectivity index (χ1n) is 9.45. The number of amidine groups is 1. The topological polar surface area (TPSA) is 124 Å². The molecular formula is C20H20F2N4O4S. The van der Waals surface area contributed by atoms with E-state index in [0.717, 1.165) is 18.3 Å². The molecule has 1 unspecified atom stereocenters. The molecule has 0 radical (unpaired) electrons. The lowest BCUT2D eigenvalue weighted by Crippen LogP contribution is -2.58. The first kappa shape index (κ1) is 21.3. The Kier molecular flexibility index (Phi) is 5.05. The monoisotopic (exact) mass is 450 g/mol. The van der Waals surface area contributed by atoms with Crippen LogP contribution in [0.5, 0.6) is 0 Å². The largest absolute Gasteiger partial charge is 0.386 e. The van der Waals surface area contributed by atoms with Gasteiger partial charge in [-0.25, -0.2) is 22.2 Å². The molecule has 2 atom stereocenters. The van der Waals surface area contributed by atoms with Crippen molar-refractivity contribution in [2.24, 2.45) is 10.7 Å². The molecule has 8 nitrogen and oxygen atoms in total. The van der Waals surface area contributed by atoms with Gasteiger partial charge in [-0.05, 0) is 43.7 Å². The van der Waals surface area contributed by atoms with Crippen LogP contribution in [-0.4, -0.2) is 48.9 Å². The molecule has 2 aliphatic heterocycles. The van der Waals surface area contributed by atoms with E-state index in [1.54, 1.807) is 0 Å². The van der Waals surface area contributed by atoms with Gasteiger partial charge in [0.25, 0.3) is 5.91 Å². The normalized spacial score (nSPS) is 27.1. The Labute approximate surface area is 177 Å². The number of ether oxygens (including phenoxy) is 1. The standard InChI is InChI=1S/C20H20F2N4O4S/c1-19(11-31(28,29)20(18(23)26-19)6-7-30-10-20)14-8-13(3-4-15(14)22)25-17(27)16-5-2-12(21)9-24-16/h2-5,8-9H,6-7,10-11H2,1H3,(H2,23,26)(H,25,27)/t19-,20?/m0/s1. The molecule has 31 heavy (non-hydrogen) atoms. The number of rotatable bonds is 3. The van der Waals surface area contributed by atoms with Crippen molar-refractivity contribution in [1.29, 1.82) is 0 Å². The smallest absolute Gasteiger partial charge is 0.274 e. The van der Waals surface area contributed by atoms with E-state index in [4.69, 9.17) is 10.5 Å². The van der Waals surface area contributed by atoms with Gasteiger partial charge in [0.05, 0.1) is 18.6 Å². The van der Waals surface area contributed by atoms with Crippen LogP contribution in [0.2, 0.25) is 0 Å². The van der Waals surface area contributed by atoms with Crippen molar-refractivity contribution in [3.8, 4) is 0 Å². The van der Waals surface area contributed by atoms with Crippen LogP contribution in [0, 0.1) is 11.6 Å². The molecule has 2 aromatic rings. The number of aromatic nitrogens is 1. The van der Waals surface area contributed by atoms with E-state index >= 15 is 0 Å². The van der Waals surface area contributed by atoms with E-state index in [0.29, 0.717) is 0 Å². The van der Waals surface area contributed by atoms with Crippen molar-refractivity contribution in [3.05, 3.63) is 59.4 Å². The molecule has 1 amide bonds. The van der Waals surface area contributed by atoms with Crippen molar-refractivity contribution in [2.45, 2.75) is 23.6 Å². The number of anilines is 1. The Hall–Kier alpha value is -2.92. The molecule has 0 saturated carbocycles. The number of halogens is 2. The summed E-state index contributed by atoms with van der Waals surface area (Å²) in [6.45, 7) is 1.65. The van der Waals surface area contributed by atoms with Gasteiger partial charge < -0.3 is 15.8 Å². The maximum Gasteiger partial charge on any atom is 0.274 e. The molecule has 2 aliphatic rings. The van der Waals surface area contributed by atoms with Gasteiger partial charge >= 0.3 is 0 Å². The first-order valence-corrected chi connectivity index (χ1v) is 11.1. The van der Waals surface area contributed by atoms with Gasteiger partial charge in [0.2, 0.25) is 0 Å². The van der Waals surface area contributed by atoms with Crippen LogP contribution >= 0.6 is 0 Å². The van der Waals surface area contributed by atoms with Gasteiger partial charge in [0.15, 0.2) is 14.6 Å². The van der Waals surface area contributed by atoms with E-state index in [2.05, 4.69) is 15.3 Å². The number of sulfone groups is 1. The van der Waals surface area contributed by atoms with Gasteiger partial charge in [-0.1, -0.05) is 0 Å². The summed E-state index contributed by atoms with van der Waals surface area (Å²) in [5.74, 6) is -2.48. The van der Waals surface area contributed by atoms with Gasteiger partial charge in [-0.3, -0.25) is 9.79 Å². The highest BCUT2D eigenvalue weighted by atomic mass is 32.2.